The molecular weight excluding hydrogens is 534 g/mol. The van der Waals surface area contributed by atoms with Gasteiger partial charge in [0.1, 0.15) is 12.1 Å². The first-order valence-electron chi connectivity index (χ1n) is 16.7. The van der Waals surface area contributed by atoms with Crippen LogP contribution in [0.5, 0.6) is 0 Å². The van der Waals surface area contributed by atoms with Gasteiger partial charge in [0.15, 0.2) is 11.9 Å². The lowest BCUT2D eigenvalue weighted by Crippen LogP contribution is -2.61. The maximum atomic E-state index is 13.3. The highest BCUT2D eigenvalue weighted by Gasteiger charge is 2.46. The first-order chi connectivity index (χ1) is 19.8. The summed E-state index contributed by atoms with van der Waals surface area (Å²) < 4.78 is 17.7. The largest absolute Gasteiger partial charge is 0.456 e. The predicted octanol–water partition coefficient (Wildman–Crippen LogP) is 6.23. The Hall–Kier alpha value is -1.71. The van der Waals surface area contributed by atoms with Gasteiger partial charge in [-0.25, -0.2) is 9.28 Å². The Kier molecular flexibility index (Phi) is 15.2. The summed E-state index contributed by atoms with van der Waals surface area (Å²) in [6, 6.07) is -0.121. The van der Waals surface area contributed by atoms with Crippen LogP contribution < -0.4 is 10.6 Å². The van der Waals surface area contributed by atoms with Gasteiger partial charge in [0.05, 0.1) is 27.1 Å². The van der Waals surface area contributed by atoms with Crippen LogP contribution >= 0.6 is 0 Å². The van der Waals surface area contributed by atoms with Gasteiger partial charge in [-0.05, 0) is 39.5 Å². The Morgan fingerprint density at radius 1 is 0.833 bits per heavy atom. The molecule has 1 aliphatic heterocycles. The zero-order valence-corrected chi connectivity index (χ0v) is 27.9. The molecule has 9 nitrogen and oxygen atoms in total. The van der Waals surface area contributed by atoms with Gasteiger partial charge in [0.25, 0.3) is 0 Å². The number of carbonyl (C=O) groups excluding carboxylic acids is 3. The summed E-state index contributed by atoms with van der Waals surface area (Å²) in [5.41, 5.74) is -0.481. The van der Waals surface area contributed by atoms with Crippen LogP contribution in [0.4, 0.5) is 4.79 Å². The van der Waals surface area contributed by atoms with Crippen LogP contribution in [0.1, 0.15) is 131 Å². The SMILES string of the molecule is CCCCCCCCCCCNC(=O)[N+](C)(C)C1CCCCCC1OC(=O)CCNC(=O)C1OC(C)(C)OCC1(C)C. The molecule has 2 aliphatic rings. The number of unbranched alkanes of at least 4 members (excludes halogenated alkanes) is 8. The molecule has 2 N–H and O–H groups in total. The van der Waals surface area contributed by atoms with E-state index in [0.29, 0.717) is 13.2 Å². The van der Waals surface area contributed by atoms with Crippen molar-refractivity contribution < 1.29 is 33.1 Å². The molecule has 0 spiro atoms. The Balaban J connectivity index is 1.79. The van der Waals surface area contributed by atoms with E-state index >= 15 is 0 Å². The van der Waals surface area contributed by atoms with Crippen LogP contribution in [0.25, 0.3) is 0 Å². The summed E-state index contributed by atoms with van der Waals surface area (Å²) in [7, 11) is 3.86. The van der Waals surface area contributed by atoms with Crippen molar-refractivity contribution in [1.29, 1.82) is 0 Å². The van der Waals surface area contributed by atoms with Crippen molar-refractivity contribution in [3.8, 4) is 0 Å². The van der Waals surface area contributed by atoms with Gasteiger partial charge in [-0.2, -0.15) is 0 Å². The number of hydrogen-bond acceptors (Lipinski definition) is 6. The molecule has 244 valence electrons. The van der Waals surface area contributed by atoms with E-state index in [0.717, 1.165) is 44.9 Å². The molecule has 9 heteroatoms. The Morgan fingerprint density at radius 3 is 2.12 bits per heavy atom. The number of nitrogens with one attached hydrogen (secondary N) is 2. The number of rotatable bonds is 16. The standard InChI is InChI=1S/C33H61N3O6/c1-8-9-10-11-12-13-14-15-19-23-35-31(39)36(6,7)26-20-17-16-18-21-27(26)41-28(37)22-24-34-30(38)29-32(2,3)25-40-33(4,5)42-29/h26-27,29H,8-25H2,1-7H3,(H-,34,35,38,39)/p+1. The topological polar surface area (TPSA) is 103 Å². The number of carbonyl (C=O) groups is 3. The monoisotopic (exact) mass is 596 g/mol. The lowest BCUT2D eigenvalue weighted by atomic mass is 9.85. The van der Waals surface area contributed by atoms with Crippen LogP contribution in [0.2, 0.25) is 0 Å². The lowest BCUT2D eigenvalue weighted by molar-refractivity contribution is -0.841. The third-order valence-corrected chi connectivity index (χ3v) is 8.88. The first kappa shape index (κ1) is 36.5. The summed E-state index contributed by atoms with van der Waals surface area (Å²) in [6.45, 7) is 10.9. The smallest absolute Gasteiger partial charge is 0.416 e. The fourth-order valence-corrected chi connectivity index (χ4v) is 6.04. The quantitative estimate of drug-likeness (QED) is 0.0948. The molecule has 1 saturated carbocycles. The molecule has 1 saturated heterocycles. The Labute approximate surface area is 255 Å². The molecule has 0 radical (unpaired) electrons. The van der Waals surface area contributed by atoms with E-state index < -0.39 is 17.3 Å². The minimum Gasteiger partial charge on any atom is -0.456 e. The van der Waals surface area contributed by atoms with Crippen molar-refractivity contribution in [2.45, 2.75) is 155 Å². The number of ether oxygens (including phenoxy) is 3. The number of likely N-dealkylation sites (N-methyl/N-ethyl adjacent to an activating group) is 1. The molecule has 0 aromatic heterocycles. The normalized spacial score (nSPS) is 23.9. The molecule has 2 rings (SSSR count). The molecule has 0 bridgehead atoms. The fourth-order valence-electron chi connectivity index (χ4n) is 6.04. The second-order valence-electron chi connectivity index (χ2n) is 14.0. The molecular formula is C33H62N3O6+. The molecule has 3 atom stereocenters. The lowest BCUT2D eigenvalue weighted by Gasteiger charge is -2.44. The summed E-state index contributed by atoms with van der Waals surface area (Å²) in [5, 5.41) is 6.00. The highest BCUT2D eigenvalue weighted by atomic mass is 16.7. The van der Waals surface area contributed by atoms with Crippen molar-refractivity contribution in [3.63, 3.8) is 0 Å². The Bertz CT molecular complexity index is 844. The molecule has 1 aliphatic carbocycles. The molecule has 3 amide bonds. The summed E-state index contributed by atoms with van der Waals surface area (Å²) in [5.74, 6) is -1.44. The van der Waals surface area contributed by atoms with Crippen LogP contribution in [0.3, 0.4) is 0 Å². The molecule has 0 aromatic rings. The van der Waals surface area contributed by atoms with Crippen molar-refractivity contribution in [3.05, 3.63) is 0 Å². The summed E-state index contributed by atoms with van der Waals surface area (Å²) in [6.07, 6.45) is 14.9. The van der Waals surface area contributed by atoms with Crippen LogP contribution in [0.15, 0.2) is 0 Å². The zero-order valence-electron chi connectivity index (χ0n) is 27.9. The van der Waals surface area contributed by atoms with E-state index in [1.807, 2.05) is 27.9 Å². The average Bonchev–Trinajstić information content (AvgIpc) is 3.17. The van der Waals surface area contributed by atoms with E-state index in [2.05, 4.69) is 17.6 Å². The predicted molar refractivity (Wildman–Crippen MR) is 166 cm³/mol. The number of quaternary nitrogens is 1. The van der Waals surface area contributed by atoms with Gasteiger partial charge in [-0.15, -0.1) is 0 Å². The minimum absolute atomic E-state index is 0.0169. The first-order valence-corrected chi connectivity index (χ1v) is 16.7. The highest BCUT2D eigenvalue weighted by molar-refractivity contribution is 5.82. The van der Waals surface area contributed by atoms with Crippen LogP contribution in [0, 0.1) is 5.41 Å². The van der Waals surface area contributed by atoms with E-state index in [9.17, 15) is 14.4 Å². The third-order valence-electron chi connectivity index (χ3n) is 8.88. The molecule has 42 heavy (non-hydrogen) atoms. The van der Waals surface area contributed by atoms with E-state index in [4.69, 9.17) is 14.2 Å². The third kappa shape index (κ3) is 12.1. The average molecular weight is 597 g/mol. The molecule has 0 aromatic carbocycles. The van der Waals surface area contributed by atoms with E-state index in [1.165, 1.54) is 44.9 Å². The van der Waals surface area contributed by atoms with Gasteiger partial charge in [0, 0.05) is 24.9 Å². The van der Waals surface area contributed by atoms with Crippen molar-refractivity contribution in [2.75, 3.05) is 33.8 Å². The molecule has 1 heterocycles. The van der Waals surface area contributed by atoms with Gasteiger partial charge in [-0.3, -0.25) is 9.59 Å². The van der Waals surface area contributed by atoms with Gasteiger partial charge < -0.3 is 24.8 Å². The molecule has 3 unspecified atom stereocenters. The number of esters is 1. The van der Waals surface area contributed by atoms with Crippen molar-refractivity contribution in [2.24, 2.45) is 5.41 Å². The maximum absolute atomic E-state index is 13.3. The molecule has 2 fully saturated rings. The van der Waals surface area contributed by atoms with Crippen molar-refractivity contribution in [1.82, 2.24) is 10.6 Å². The van der Waals surface area contributed by atoms with Gasteiger partial charge >= 0.3 is 12.0 Å². The summed E-state index contributed by atoms with van der Waals surface area (Å²) in [4.78, 5) is 39.1. The number of hydrogen-bond donors (Lipinski definition) is 2. The number of urea groups is 1. The second kappa shape index (κ2) is 17.6. The van der Waals surface area contributed by atoms with E-state index in [1.54, 1.807) is 13.8 Å². The second-order valence-corrected chi connectivity index (χ2v) is 14.0. The van der Waals surface area contributed by atoms with Crippen molar-refractivity contribution >= 4 is 17.9 Å². The minimum atomic E-state index is -0.837. The Morgan fingerprint density at radius 2 is 1.45 bits per heavy atom. The van der Waals surface area contributed by atoms with E-state index in [-0.39, 0.29) is 47.5 Å². The fraction of sp³-hybridized carbons (Fsp3) is 0.909. The highest BCUT2D eigenvalue weighted by Crippen LogP contribution is 2.35. The number of nitrogens with zero attached hydrogens (tertiary/aromatic N) is 1. The van der Waals surface area contributed by atoms with Gasteiger partial charge in [0.2, 0.25) is 5.91 Å². The summed E-state index contributed by atoms with van der Waals surface area (Å²) >= 11 is 0. The zero-order chi connectivity index (χ0) is 31.2. The number of amides is 3. The van der Waals surface area contributed by atoms with Gasteiger partial charge in [-0.1, -0.05) is 78.6 Å². The van der Waals surface area contributed by atoms with Crippen LogP contribution in [-0.2, 0) is 23.8 Å². The van der Waals surface area contributed by atoms with Crippen LogP contribution in [-0.4, -0.2) is 80.2 Å². The maximum Gasteiger partial charge on any atom is 0.416 e.